The maximum absolute atomic E-state index is 12.8. The molecular weight excluding hydrogens is 462 g/mol. The fourth-order valence-electron chi connectivity index (χ4n) is 4.53. The first-order valence-electron chi connectivity index (χ1n) is 11.7. The molecule has 1 amide bonds. The molecule has 1 aliphatic rings. The van der Waals surface area contributed by atoms with Gasteiger partial charge in [0.2, 0.25) is 11.8 Å². The molecule has 36 heavy (non-hydrogen) atoms. The van der Waals surface area contributed by atoms with Gasteiger partial charge in [0.05, 0.1) is 24.6 Å². The van der Waals surface area contributed by atoms with E-state index in [-0.39, 0.29) is 29.3 Å². The highest BCUT2D eigenvalue weighted by molar-refractivity contribution is 6.04. The number of hydrazone groups is 1. The van der Waals surface area contributed by atoms with Crippen molar-refractivity contribution in [3.05, 3.63) is 80.5 Å². The maximum atomic E-state index is 12.8. The molecule has 2 aromatic carbocycles. The van der Waals surface area contributed by atoms with Crippen molar-refractivity contribution in [3.8, 4) is 17.3 Å². The van der Waals surface area contributed by atoms with E-state index in [1.807, 2.05) is 24.3 Å². The van der Waals surface area contributed by atoms with E-state index in [9.17, 15) is 19.5 Å². The number of ether oxygens (including phenoxy) is 1. The van der Waals surface area contributed by atoms with Gasteiger partial charge in [0.15, 0.2) is 0 Å². The second-order valence-electron chi connectivity index (χ2n) is 8.36. The van der Waals surface area contributed by atoms with Crippen molar-refractivity contribution < 1.29 is 14.6 Å². The van der Waals surface area contributed by atoms with Crippen LogP contribution in [0.25, 0.3) is 5.69 Å². The minimum absolute atomic E-state index is 0.172. The summed E-state index contributed by atoms with van der Waals surface area (Å²) in [5, 5.41) is 16.8. The Balaban J connectivity index is 1.77. The molecule has 2 N–H and O–H groups in total. The number of methoxy groups -OCH3 is 1. The quantitative estimate of drug-likeness (QED) is 0.524. The Kier molecular flexibility index (Phi) is 6.96. The summed E-state index contributed by atoms with van der Waals surface area (Å²) in [5.74, 6) is -0.553. The second kappa shape index (κ2) is 10.1. The second-order valence-corrected chi connectivity index (χ2v) is 8.36. The Morgan fingerprint density at radius 3 is 2.42 bits per heavy atom. The van der Waals surface area contributed by atoms with Gasteiger partial charge >= 0.3 is 5.69 Å². The van der Waals surface area contributed by atoms with Crippen molar-refractivity contribution in [2.24, 2.45) is 5.10 Å². The van der Waals surface area contributed by atoms with E-state index < -0.39 is 23.2 Å². The Labute approximate surface area is 208 Å². The van der Waals surface area contributed by atoms with Crippen LogP contribution in [0.2, 0.25) is 0 Å². The molecule has 0 fully saturated rings. The smallest absolute Gasteiger partial charge is 0.335 e. The lowest BCUT2D eigenvalue weighted by atomic mass is 9.98. The Morgan fingerprint density at radius 1 is 1.14 bits per heavy atom. The average Bonchev–Trinajstić information content (AvgIpc) is 3.30. The number of hydrogen-bond donors (Lipinski definition) is 2. The molecule has 0 radical (unpaired) electrons. The lowest BCUT2D eigenvalue weighted by molar-refractivity contribution is -0.130. The molecule has 2 heterocycles. The zero-order chi connectivity index (χ0) is 26.0. The SMILES string of the molecule is CCN(CC)c1ccc(C2CC(c3c(O)n(-c4ccccc4OC)c(=O)[nH]c3=O)=NN2C(C)=O)cc1. The van der Waals surface area contributed by atoms with Crippen LogP contribution in [0.4, 0.5) is 5.69 Å². The summed E-state index contributed by atoms with van der Waals surface area (Å²) in [6.07, 6.45) is 0.185. The molecule has 0 saturated carbocycles. The molecule has 10 heteroatoms. The van der Waals surface area contributed by atoms with Crippen molar-refractivity contribution in [2.75, 3.05) is 25.1 Å². The minimum atomic E-state index is -0.823. The molecule has 188 valence electrons. The lowest BCUT2D eigenvalue weighted by Crippen LogP contribution is -2.33. The van der Waals surface area contributed by atoms with E-state index in [1.165, 1.54) is 19.0 Å². The number of rotatable bonds is 7. The van der Waals surface area contributed by atoms with Crippen molar-refractivity contribution in [3.63, 3.8) is 0 Å². The standard InChI is InChI=1S/C26H29N5O5/c1-5-29(6-2)18-13-11-17(12-14-18)21-15-19(28-31(21)16(3)32)23-24(33)27-26(35)30(25(23)34)20-9-7-8-10-22(20)36-4/h7-14,21,34H,5-6,15H2,1-4H3,(H,27,33,35). The number of hydrogen-bond acceptors (Lipinski definition) is 7. The number of aromatic amines is 1. The largest absolute Gasteiger partial charge is 0.495 e. The molecule has 10 nitrogen and oxygen atoms in total. The zero-order valence-electron chi connectivity index (χ0n) is 20.7. The minimum Gasteiger partial charge on any atom is -0.495 e. The van der Waals surface area contributed by atoms with Gasteiger partial charge in [-0.25, -0.2) is 14.4 Å². The van der Waals surface area contributed by atoms with Gasteiger partial charge in [-0.1, -0.05) is 24.3 Å². The van der Waals surface area contributed by atoms with E-state index in [2.05, 4.69) is 28.8 Å². The number of nitrogens with one attached hydrogen (secondary N) is 1. The van der Waals surface area contributed by atoms with E-state index in [0.717, 1.165) is 28.9 Å². The number of H-pyrrole nitrogens is 1. The maximum Gasteiger partial charge on any atom is 0.335 e. The van der Waals surface area contributed by atoms with Crippen LogP contribution in [0, 0.1) is 0 Å². The molecule has 0 saturated heterocycles. The number of amides is 1. The third kappa shape index (κ3) is 4.37. The van der Waals surface area contributed by atoms with Gasteiger partial charge in [-0.2, -0.15) is 5.10 Å². The number of benzene rings is 2. The third-order valence-electron chi connectivity index (χ3n) is 6.34. The number of carbonyl (C=O) groups excluding carboxylic acids is 1. The van der Waals surface area contributed by atoms with Gasteiger partial charge < -0.3 is 14.7 Å². The van der Waals surface area contributed by atoms with Crippen LogP contribution >= 0.6 is 0 Å². The van der Waals surface area contributed by atoms with Crippen molar-refractivity contribution in [2.45, 2.75) is 33.2 Å². The number of para-hydroxylation sites is 2. The summed E-state index contributed by atoms with van der Waals surface area (Å²) >= 11 is 0. The van der Waals surface area contributed by atoms with Crippen LogP contribution in [-0.2, 0) is 4.79 Å². The molecule has 1 atom stereocenters. The Bertz CT molecular complexity index is 1420. The molecule has 4 rings (SSSR count). The monoisotopic (exact) mass is 491 g/mol. The number of nitrogens with zero attached hydrogens (tertiary/aromatic N) is 4. The third-order valence-corrected chi connectivity index (χ3v) is 6.34. The number of anilines is 1. The van der Waals surface area contributed by atoms with E-state index in [0.29, 0.717) is 5.75 Å². The molecule has 0 aliphatic carbocycles. The van der Waals surface area contributed by atoms with Crippen LogP contribution in [0.1, 0.15) is 44.4 Å². The average molecular weight is 492 g/mol. The number of aromatic hydroxyl groups is 1. The normalized spacial score (nSPS) is 15.1. The van der Waals surface area contributed by atoms with Crippen molar-refractivity contribution >= 4 is 17.3 Å². The summed E-state index contributed by atoms with van der Waals surface area (Å²) in [4.78, 5) is 42.4. The summed E-state index contributed by atoms with van der Waals surface area (Å²) in [6.45, 7) is 7.30. The highest BCUT2D eigenvalue weighted by Crippen LogP contribution is 2.35. The Hall–Kier alpha value is -4.34. The number of aromatic nitrogens is 2. The molecule has 0 bridgehead atoms. The lowest BCUT2D eigenvalue weighted by Gasteiger charge is -2.23. The predicted molar refractivity (Wildman–Crippen MR) is 137 cm³/mol. The first-order chi connectivity index (χ1) is 17.3. The molecule has 1 aliphatic heterocycles. The molecular formula is C26H29N5O5. The van der Waals surface area contributed by atoms with Crippen LogP contribution in [0.15, 0.2) is 63.2 Å². The van der Waals surface area contributed by atoms with Crippen LogP contribution in [-0.4, -0.2) is 51.5 Å². The number of carbonyl (C=O) groups is 1. The van der Waals surface area contributed by atoms with Gasteiger partial charge in [-0.05, 0) is 43.7 Å². The summed E-state index contributed by atoms with van der Waals surface area (Å²) < 4.78 is 6.28. The first-order valence-corrected chi connectivity index (χ1v) is 11.7. The van der Waals surface area contributed by atoms with Crippen LogP contribution < -0.4 is 20.9 Å². The topological polar surface area (TPSA) is 120 Å². The summed E-state index contributed by atoms with van der Waals surface area (Å²) in [6, 6.07) is 14.0. The summed E-state index contributed by atoms with van der Waals surface area (Å²) in [5.41, 5.74) is 0.578. The van der Waals surface area contributed by atoms with Gasteiger partial charge in [0.1, 0.15) is 11.3 Å². The van der Waals surface area contributed by atoms with Crippen molar-refractivity contribution in [1.29, 1.82) is 0 Å². The van der Waals surface area contributed by atoms with E-state index in [4.69, 9.17) is 4.74 Å². The van der Waals surface area contributed by atoms with Crippen LogP contribution in [0.3, 0.4) is 0 Å². The highest BCUT2D eigenvalue weighted by Gasteiger charge is 2.34. The fraction of sp³-hybridized carbons (Fsp3) is 0.308. The van der Waals surface area contributed by atoms with Gasteiger partial charge in [-0.15, -0.1) is 0 Å². The molecule has 0 spiro atoms. The van der Waals surface area contributed by atoms with Gasteiger partial charge in [0, 0.05) is 32.1 Å². The zero-order valence-corrected chi connectivity index (χ0v) is 20.7. The highest BCUT2D eigenvalue weighted by atomic mass is 16.5. The molecule has 3 aromatic rings. The Morgan fingerprint density at radius 2 is 1.81 bits per heavy atom. The molecule has 1 aromatic heterocycles. The molecule has 1 unspecified atom stereocenters. The predicted octanol–water partition coefficient (Wildman–Crippen LogP) is 2.78. The van der Waals surface area contributed by atoms with E-state index in [1.54, 1.807) is 24.3 Å². The first kappa shape index (κ1) is 24.8. The summed E-state index contributed by atoms with van der Waals surface area (Å²) in [7, 11) is 1.44. The van der Waals surface area contributed by atoms with Crippen molar-refractivity contribution in [1.82, 2.24) is 14.6 Å². The van der Waals surface area contributed by atoms with E-state index >= 15 is 0 Å². The van der Waals surface area contributed by atoms with Gasteiger partial charge in [-0.3, -0.25) is 14.6 Å². The fourth-order valence-corrected chi connectivity index (χ4v) is 4.53. The van der Waals surface area contributed by atoms with Crippen LogP contribution in [0.5, 0.6) is 11.6 Å². The van der Waals surface area contributed by atoms with Gasteiger partial charge in [0.25, 0.3) is 5.56 Å².